The zero-order valence-corrected chi connectivity index (χ0v) is 15.8. The van der Waals surface area contributed by atoms with Crippen molar-refractivity contribution < 1.29 is 22.4 Å². The fourth-order valence-corrected chi connectivity index (χ4v) is 3.45. The number of hydrogen-bond acceptors (Lipinski definition) is 5. The normalized spacial score (nSPS) is 11.3. The molecular weight excluding hydrogens is 380 g/mol. The zero-order valence-electron chi connectivity index (χ0n) is 15.0. The van der Waals surface area contributed by atoms with Crippen LogP contribution in [0.2, 0.25) is 0 Å². The van der Waals surface area contributed by atoms with Crippen molar-refractivity contribution in [2.24, 2.45) is 0 Å². The van der Waals surface area contributed by atoms with E-state index in [1.54, 1.807) is 48.5 Å². The average Bonchev–Trinajstić information content (AvgIpc) is 3.21. The Morgan fingerprint density at radius 2 is 1.82 bits per heavy atom. The van der Waals surface area contributed by atoms with Crippen molar-refractivity contribution in [3.63, 3.8) is 0 Å². The lowest BCUT2D eigenvalue weighted by atomic mass is 10.3. The van der Waals surface area contributed by atoms with E-state index < -0.39 is 15.9 Å². The summed E-state index contributed by atoms with van der Waals surface area (Å²) in [6.45, 7) is 0. The largest absolute Gasteiger partial charge is 0.497 e. The first-order valence-electron chi connectivity index (χ1n) is 8.26. The van der Waals surface area contributed by atoms with Gasteiger partial charge >= 0.3 is 0 Å². The van der Waals surface area contributed by atoms with Crippen LogP contribution in [-0.2, 0) is 14.8 Å². The number of sulfonamides is 1. The molecule has 7 nitrogen and oxygen atoms in total. The Balaban J connectivity index is 1.71. The van der Waals surface area contributed by atoms with Crippen LogP contribution in [0, 0.1) is 0 Å². The highest BCUT2D eigenvalue weighted by molar-refractivity contribution is 7.92. The third-order valence-electron chi connectivity index (χ3n) is 3.70. The molecule has 144 valence electrons. The summed E-state index contributed by atoms with van der Waals surface area (Å²) in [5.41, 5.74) is 0.753. The van der Waals surface area contributed by atoms with Gasteiger partial charge in [-0.1, -0.05) is 6.07 Å². The molecule has 3 rings (SSSR count). The number of furan rings is 1. The van der Waals surface area contributed by atoms with Crippen molar-refractivity contribution in [3.8, 4) is 5.75 Å². The highest BCUT2D eigenvalue weighted by Crippen LogP contribution is 2.21. The maximum absolute atomic E-state index is 12.6. The Labute approximate surface area is 162 Å². The number of nitrogens with one attached hydrogen (secondary N) is 2. The van der Waals surface area contributed by atoms with Crippen LogP contribution in [0.5, 0.6) is 5.75 Å². The summed E-state index contributed by atoms with van der Waals surface area (Å²) < 4.78 is 37.8. The van der Waals surface area contributed by atoms with Gasteiger partial charge in [-0.3, -0.25) is 9.52 Å². The number of carbonyl (C=O) groups excluding carboxylic acids is 1. The van der Waals surface area contributed by atoms with E-state index in [0.29, 0.717) is 22.9 Å². The molecule has 1 amide bonds. The van der Waals surface area contributed by atoms with E-state index in [2.05, 4.69) is 10.0 Å². The van der Waals surface area contributed by atoms with Gasteiger partial charge in [0, 0.05) is 17.5 Å². The van der Waals surface area contributed by atoms with Gasteiger partial charge in [0.05, 0.1) is 18.3 Å². The van der Waals surface area contributed by atoms with Crippen LogP contribution in [-0.4, -0.2) is 21.4 Å². The number of methoxy groups -OCH3 is 1. The lowest BCUT2D eigenvalue weighted by molar-refractivity contribution is -0.111. The molecule has 1 aromatic heterocycles. The maximum atomic E-state index is 12.6. The van der Waals surface area contributed by atoms with E-state index in [0.717, 1.165) is 0 Å². The van der Waals surface area contributed by atoms with Crippen LogP contribution in [0.3, 0.4) is 0 Å². The Kier molecular flexibility index (Phi) is 5.81. The summed E-state index contributed by atoms with van der Waals surface area (Å²) in [4.78, 5) is 12.0. The monoisotopic (exact) mass is 398 g/mol. The predicted molar refractivity (Wildman–Crippen MR) is 107 cm³/mol. The van der Waals surface area contributed by atoms with Gasteiger partial charge in [-0.2, -0.15) is 0 Å². The van der Waals surface area contributed by atoms with E-state index >= 15 is 0 Å². The van der Waals surface area contributed by atoms with Crippen LogP contribution >= 0.6 is 0 Å². The molecule has 0 radical (unpaired) electrons. The molecule has 8 heteroatoms. The lowest BCUT2D eigenvalue weighted by Crippen LogP contribution is -2.14. The summed E-state index contributed by atoms with van der Waals surface area (Å²) in [6.07, 6.45) is 4.32. The van der Waals surface area contributed by atoms with Crippen LogP contribution in [0.4, 0.5) is 11.4 Å². The van der Waals surface area contributed by atoms with E-state index in [1.165, 1.54) is 37.7 Å². The second-order valence-electron chi connectivity index (χ2n) is 5.70. The summed E-state index contributed by atoms with van der Waals surface area (Å²) in [7, 11) is -2.28. The number of anilines is 2. The summed E-state index contributed by atoms with van der Waals surface area (Å²) in [5, 5.41) is 2.62. The number of benzene rings is 2. The quantitative estimate of drug-likeness (QED) is 0.591. The Morgan fingerprint density at radius 3 is 2.50 bits per heavy atom. The van der Waals surface area contributed by atoms with Gasteiger partial charge in [0.25, 0.3) is 10.0 Å². The molecule has 0 unspecified atom stereocenters. The molecule has 2 aromatic carbocycles. The van der Waals surface area contributed by atoms with Crippen molar-refractivity contribution in [2.75, 3.05) is 17.1 Å². The summed E-state index contributed by atoms with van der Waals surface area (Å²) >= 11 is 0. The summed E-state index contributed by atoms with van der Waals surface area (Å²) in [6, 6.07) is 15.9. The Bertz CT molecular complexity index is 1070. The van der Waals surface area contributed by atoms with E-state index in [-0.39, 0.29) is 4.90 Å². The SMILES string of the molecule is COc1ccc(NS(=O)(=O)c2cccc(NC(=O)/C=C/c3ccco3)c2)cc1. The standard InChI is InChI=1S/C20H18N2O5S/c1-26-17-9-7-15(8-10-17)22-28(24,25)19-6-2-4-16(14-19)21-20(23)12-11-18-5-3-13-27-18/h2-14,22H,1H3,(H,21,23)/b12-11+. The highest BCUT2D eigenvalue weighted by Gasteiger charge is 2.15. The molecule has 0 aliphatic rings. The van der Waals surface area contributed by atoms with Gasteiger partial charge in [-0.25, -0.2) is 8.42 Å². The number of hydrogen-bond donors (Lipinski definition) is 2. The number of rotatable bonds is 7. The molecule has 0 saturated heterocycles. The van der Waals surface area contributed by atoms with Crippen molar-refractivity contribution in [1.82, 2.24) is 0 Å². The molecule has 0 saturated carbocycles. The van der Waals surface area contributed by atoms with Gasteiger partial charge in [-0.05, 0) is 60.7 Å². The maximum Gasteiger partial charge on any atom is 0.261 e. The topological polar surface area (TPSA) is 97.6 Å². The van der Waals surface area contributed by atoms with Crippen molar-refractivity contribution >= 4 is 33.4 Å². The minimum absolute atomic E-state index is 0.0242. The first kappa shape index (κ1) is 19.2. The van der Waals surface area contributed by atoms with E-state index in [9.17, 15) is 13.2 Å². The third kappa shape index (κ3) is 5.01. The Hall–Kier alpha value is -3.52. The fraction of sp³-hybridized carbons (Fsp3) is 0.0500. The van der Waals surface area contributed by atoms with Crippen LogP contribution in [0.1, 0.15) is 5.76 Å². The molecule has 2 N–H and O–H groups in total. The number of amides is 1. The van der Waals surface area contributed by atoms with Crippen molar-refractivity contribution in [2.45, 2.75) is 4.90 Å². The van der Waals surface area contributed by atoms with Crippen molar-refractivity contribution in [1.29, 1.82) is 0 Å². The Morgan fingerprint density at radius 1 is 1.04 bits per heavy atom. The van der Waals surface area contributed by atoms with Crippen LogP contribution < -0.4 is 14.8 Å². The first-order chi connectivity index (χ1) is 13.5. The van der Waals surface area contributed by atoms with Gasteiger partial charge in [-0.15, -0.1) is 0 Å². The predicted octanol–water partition coefficient (Wildman–Crippen LogP) is 3.74. The van der Waals surface area contributed by atoms with Crippen LogP contribution in [0.15, 0.2) is 82.3 Å². The smallest absolute Gasteiger partial charge is 0.261 e. The average molecular weight is 398 g/mol. The lowest BCUT2D eigenvalue weighted by Gasteiger charge is -2.10. The molecule has 0 atom stereocenters. The third-order valence-corrected chi connectivity index (χ3v) is 5.08. The molecule has 0 bridgehead atoms. The van der Waals surface area contributed by atoms with E-state index in [1.807, 2.05) is 0 Å². The zero-order chi connectivity index (χ0) is 20.0. The highest BCUT2D eigenvalue weighted by atomic mass is 32.2. The second kappa shape index (κ2) is 8.45. The minimum Gasteiger partial charge on any atom is -0.497 e. The fourth-order valence-electron chi connectivity index (χ4n) is 2.34. The van der Waals surface area contributed by atoms with Gasteiger partial charge in [0.15, 0.2) is 0 Å². The van der Waals surface area contributed by atoms with Gasteiger partial charge < -0.3 is 14.5 Å². The molecular formula is C20H18N2O5S. The molecule has 3 aromatic rings. The second-order valence-corrected chi connectivity index (χ2v) is 7.38. The molecule has 0 aliphatic carbocycles. The molecule has 0 aliphatic heterocycles. The first-order valence-corrected chi connectivity index (χ1v) is 9.74. The van der Waals surface area contributed by atoms with Crippen molar-refractivity contribution in [3.05, 3.63) is 78.8 Å². The number of carbonyl (C=O) groups is 1. The molecule has 1 heterocycles. The minimum atomic E-state index is -3.81. The molecule has 0 fully saturated rings. The van der Waals surface area contributed by atoms with Crippen LogP contribution in [0.25, 0.3) is 6.08 Å². The number of ether oxygens (including phenoxy) is 1. The van der Waals surface area contributed by atoms with Gasteiger partial charge in [0.2, 0.25) is 5.91 Å². The van der Waals surface area contributed by atoms with Gasteiger partial charge in [0.1, 0.15) is 11.5 Å². The molecule has 28 heavy (non-hydrogen) atoms. The van der Waals surface area contributed by atoms with E-state index in [4.69, 9.17) is 9.15 Å². The molecule has 0 spiro atoms. The summed E-state index contributed by atoms with van der Waals surface area (Å²) in [5.74, 6) is 0.750.